The summed E-state index contributed by atoms with van der Waals surface area (Å²) in [5, 5.41) is 11.2. The lowest BCUT2D eigenvalue weighted by molar-refractivity contribution is 0.298. The largest absolute Gasteiger partial charge is 0.496 e. The second kappa shape index (κ2) is 9.41. The fourth-order valence-corrected chi connectivity index (χ4v) is 3.07. The zero-order valence-corrected chi connectivity index (χ0v) is 17.4. The molecule has 27 heavy (non-hydrogen) atoms. The topological polar surface area (TPSA) is 66.7 Å². The summed E-state index contributed by atoms with van der Waals surface area (Å²) in [6, 6.07) is 6.45. The van der Waals surface area contributed by atoms with Crippen molar-refractivity contribution in [2.45, 2.75) is 25.9 Å². The second-order valence-corrected chi connectivity index (χ2v) is 6.99. The molecule has 7 nitrogen and oxygen atoms in total. The summed E-state index contributed by atoms with van der Waals surface area (Å²) in [5.74, 6) is 1.62. The normalized spacial score (nSPS) is 14.1. The summed E-state index contributed by atoms with van der Waals surface area (Å²) in [5.41, 5.74) is 3.47. The number of methoxy groups -OCH3 is 1. The highest BCUT2D eigenvalue weighted by atomic mass is 16.5. The third kappa shape index (κ3) is 5.47. The first-order valence-corrected chi connectivity index (χ1v) is 9.12. The minimum absolute atomic E-state index is 0.0576. The van der Waals surface area contributed by atoms with Gasteiger partial charge in [-0.15, -0.1) is 0 Å². The maximum absolute atomic E-state index is 5.51. The number of hydrogen-bond acceptors (Lipinski definition) is 4. The molecule has 0 saturated carbocycles. The molecule has 2 N–H and O–H groups in total. The Morgan fingerprint density at radius 1 is 1.37 bits per heavy atom. The van der Waals surface area contributed by atoms with Gasteiger partial charge in [0.15, 0.2) is 5.96 Å². The van der Waals surface area contributed by atoms with Gasteiger partial charge in [-0.2, -0.15) is 5.10 Å². The highest BCUT2D eigenvalue weighted by molar-refractivity contribution is 5.80. The van der Waals surface area contributed by atoms with Crippen LogP contribution in [0.1, 0.15) is 35.7 Å². The Morgan fingerprint density at radius 3 is 2.67 bits per heavy atom. The molecule has 2 rings (SSSR count). The summed E-state index contributed by atoms with van der Waals surface area (Å²) in [7, 11) is 9.54. The molecular formula is C20H32N6O. The lowest BCUT2D eigenvalue weighted by Crippen LogP contribution is -2.42. The van der Waals surface area contributed by atoms with Crippen molar-refractivity contribution in [3.8, 4) is 5.75 Å². The van der Waals surface area contributed by atoms with Gasteiger partial charge in [0.2, 0.25) is 0 Å². The van der Waals surface area contributed by atoms with Gasteiger partial charge < -0.3 is 20.3 Å². The number of rotatable bonds is 7. The summed E-state index contributed by atoms with van der Waals surface area (Å²) >= 11 is 0. The number of likely N-dealkylation sites (N-methyl/N-ethyl adjacent to an activating group) is 1. The first-order chi connectivity index (χ1) is 12.8. The first kappa shape index (κ1) is 20.8. The number of ether oxygens (including phenoxy) is 1. The third-order valence-electron chi connectivity index (χ3n) is 4.62. The minimum atomic E-state index is 0.0576. The maximum atomic E-state index is 5.51. The van der Waals surface area contributed by atoms with Gasteiger partial charge in [-0.05, 0) is 34.0 Å². The molecular weight excluding hydrogens is 340 g/mol. The SMILES string of the molecule is CN=C(NCC(c1cnn(C)c1)N(C)C)NC(C)c1cc(C)ccc1OC. The molecule has 0 saturated heterocycles. The Labute approximate surface area is 162 Å². The minimum Gasteiger partial charge on any atom is -0.496 e. The van der Waals surface area contributed by atoms with E-state index in [2.05, 4.69) is 65.7 Å². The molecule has 1 aromatic carbocycles. The average molecular weight is 373 g/mol. The van der Waals surface area contributed by atoms with Gasteiger partial charge in [0.1, 0.15) is 5.75 Å². The van der Waals surface area contributed by atoms with Gasteiger partial charge in [0.25, 0.3) is 0 Å². The molecule has 0 bridgehead atoms. The van der Waals surface area contributed by atoms with E-state index in [1.165, 1.54) is 11.1 Å². The van der Waals surface area contributed by atoms with Crippen LogP contribution in [0.3, 0.4) is 0 Å². The number of aliphatic imine (C=N–C) groups is 1. The Morgan fingerprint density at radius 2 is 2.11 bits per heavy atom. The Hall–Kier alpha value is -2.54. The molecule has 0 radical (unpaired) electrons. The van der Waals surface area contributed by atoms with Crippen LogP contribution in [0.25, 0.3) is 0 Å². The zero-order chi connectivity index (χ0) is 20.0. The lowest BCUT2D eigenvalue weighted by Gasteiger charge is -2.26. The standard InChI is InChI=1S/C20H32N6O/c1-14-8-9-19(27-7)17(10-14)15(2)24-20(21-3)22-12-18(25(4)5)16-11-23-26(6)13-16/h8-11,13,15,18H,12H2,1-7H3,(H2,21,22,24). The zero-order valence-electron chi connectivity index (χ0n) is 17.4. The molecule has 7 heteroatoms. The van der Waals surface area contributed by atoms with Crippen LogP contribution in [0, 0.1) is 6.92 Å². The van der Waals surface area contributed by atoms with Gasteiger partial charge >= 0.3 is 0 Å². The molecule has 0 fully saturated rings. The summed E-state index contributed by atoms with van der Waals surface area (Å²) in [6.07, 6.45) is 3.95. The van der Waals surface area contributed by atoms with Crippen LogP contribution >= 0.6 is 0 Å². The monoisotopic (exact) mass is 372 g/mol. The Balaban J connectivity index is 2.06. The lowest BCUT2D eigenvalue weighted by atomic mass is 10.0. The summed E-state index contributed by atoms with van der Waals surface area (Å²) < 4.78 is 7.33. The van der Waals surface area contributed by atoms with Crippen molar-refractivity contribution < 1.29 is 4.74 Å². The van der Waals surface area contributed by atoms with E-state index in [9.17, 15) is 0 Å². The van der Waals surface area contributed by atoms with Crippen molar-refractivity contribution in [1.29, 1.82) is 0 Å². The summed E-state index contributed by atoms with van der Waals surface area (Å²) in [4.78, 5) is 6.55. The third-order valence-corrected chi connectivity index (χ3v) is 4.62. The first-order valence-electron chi connectivity index (χ1n) is 9.12. The van der Waals surface area contributed by atoms with Crippen LogP contribution in [0.4, 0.5) is 0 Å². The molecule has 0 aliphatic rings. The number of nitrogens with one attached hydrogen (secondary N) is 2. The van der Waals surface area contributed by atoms with E-state index in [0.29, 0.717) is 0 Å². The highest BCUT2D eigenvalue weighted by Crippen LogP contribution is 2.26. The van der Waals surface area contributed by atoms with Crippen molar-refractivity contribution in [3.05, 3.63) is 47.3 Å². The number of guanidine groups is 1. The van der Waals surface area contributed by atoms with E-state index < -0.39 is 0 Å². The number of aryl methyl sites for hydroxylation is 2. The van der Waals surface area contributed by atoms with Crippen molar-refractivity contribution in [3.63, 3.8) is 0 Å². The average Bonchev–Trinajstić information content (AvgIpc) is 3.06. The smallest absolute Gasteiger partial charge is 0.191 e. The van der Waals surface area contributed by atoms with E-state index in [0.717, 1.165) is 23.8 Å². The fourth-order valence-electron chi connectivity index (χ4n) is 3.07. The molecule has 2 atom stereocenters. The van der Waals surface area contributed by atoms with Gasteiger partial charge in [0, 0.05) is 38.0 Å². The van der Waals surface area contributed by atoms with E-state index >= 15 is 0 Å². The van der Waals surface area contributed by atoms with E-state index in [1.807, 2.05) is 30.2 Å². The number of nitrogens with zero attached hydrogens (tertiary/aromatic N) is 4. The number of hydrogen-bond donors (Lipinski definition) is 2. The molecule has 0 spiro atoms. The molecule has 0 aliphatic carbocycles. The quantitative estimate of drug-likeness (QED) is 0.576. The predicted molar refractivity (Wildman–Crippen MR) is 110 cm³/mol. The van der Waals surface area contributed by atoms with Crippen LogP contribution in [-0.2, 0) is 7.05 Å². The van der Waals surface area contributed by atoms with Crippen LogP contribution in [0.5, 0.6) is 5.75 Å². The Kier molecular flexibility index (Phi) is 7.24. The van der Waals surface area contributed by atoms with E-state index in [-0.39, 0.29) is 12.1 Å². The molecule has 2 aromatic rings. The van der Waals surface area contributed by atoms with E-state index in [4.69, 9.17) is 4.74 Å². The molecule has 148 valence electrons. The molecule has 0 amide bonds. The predicted octanol–water partition coefficient (Wildman–Crippen LogP) is 2.27. The van der Waals surface area contributed by atoms with Crippen LogP contribution < -0.4 is 15.4 Å². The second-order valence-electron chi connectivity index (χ2n) is 6.99. The highest BCUT2D eigenvalue weighted by Gasteiger charge is 2.18. The van der Waals surface area contributed by atoms with Gasteiger partial charge in [-0.25, -0.2) is 0 Å². The van der Waals surface area contributed by atoms with Crippen LogP contribution in [0.15, 0.2) is 35.6 Å². The molecule has 0 aliphatic heterocycles. The Bertz CT molecular complexity index is 768. The molecule has 2 unspecified atom stereocenters. The van der Waals surface area contributed by atoms with E-state index in [1.54, 1.807) is 14.2 Å². The van der Waals surface area contributed by atoms with Crippen molar-refractivity contribution >= 4 is 5.96 Å². The van der Waals surface area contributed by atoms with Gasteiger partial charge in [0.05, 0.1) is 25.4 Å². The molecule has 1 aromatic heterocycles. The van der Waals surface area contributed by atoms with Gasteiger partial charge in [-0.3, -0.25) is 9.67 Å². The van der Waals surface area contributed by atoms with Crippen LogP contribution in [-0.4, -0.2) is 55.4 Å². The number of benzene rings is 1. The van der Waals surface area contributed by atoms with Crippen molar-refractivity contribution in [2.75, 3.05) is 34.8 Å². The van der Waals surface area contributed by atoms with Crippen molar-refractivity contribution in [2.24, 2.45) is 12.0 Å². The fraction of sp³-hybridized carbons (Fsp3) is 0.500. The molecule has 1 heterocycles. The van der Waals surface area contributed by atoms with Gasteiger partial charge in [-0.1, -0.05) is 17.7 Å². The van der Waals surface area contributed by atoms with Crippen molar-refractivity contribution in [1.82, 2.24) is 25.3 Å². The maximum Gasteiger partial charge on any atom is 0.191 e. The van der Waals surface area contributed by atoms with Crippen LogP contribution in [0.2, 0.25) is 0 Å². The number of aromatic nitrogens is 2. The summed E-state index contributed by atoms with van der Waals surface area (Å²) in [6.45, 7) is 4.91.